The van der Waals surface area contributed by atoms with Gasteiger partial charge in [0.05, 0.1) is 11.1 Å². The Labute approximate surface area is 144 Å². The molecule has 0 saturated carbocycles. The lowest BCUT2D eigenvalue weighted by molar-refractivity contribution is 0.477. The molecule has 2 heterocycles. The van der Waals surface area contributed by atoms with Gasteiger partial charge in [0, 0.05) is 23.0 Å². The molecule has 2 aromatic carbocycles. The van der Waals surface area contributed by atoms with Gasteiger partial charge in [-0.3, -0.25) is 0 Å². The second kappa shape index (κ2) is 6.26. The fraction of sp³-hybridized carbons (Fsp3) is 0.222. The molecule has 1 saturated heterocycles. The summed E-state index contributed by atoms with van der Waals surface area (Å²) in [7, 11) is 0. The van der Waals surface area contributed by atoms with E-state index in [0.29, 0.717) is 22.5 Å². The van der Waals surface area contributed by atoms with E-state index in [1.54, 1.807) is 18.2 Å². The van der Waals surface area contributed by atoms with Crippen LogP contribution in [0.4, 0.5) is 5.82 Å². The van der Waals surface area contributed by atoms with Gasteiger partial charge in [-0.2, -0.15) is 0 Å². The number of fused-ring (bicyclic) bond motifs is 1. The highest BCUT2D eigenvalue weighted by molar-refractivity contribution is 6.30. The largest absolute Gasteiger partial charge is 0.507 e. The van der Waals surface area contributed by atoms with Crippen molar-refractivity contribution < 1.29 is 5.11 Å². The number of benzene rings is 2. The van der Waals surface area contributed by atoms with Gasteiger partial charge in [0.1, 0.15) is 11.6 Å². The van der Waals surface area contributed by atoms with E-state index in [4.69, 9.17) is 11.6 Å². The summed E-state index contributed by atoms with van der Waals surface area (Å²) in [6.45, 7) is 1.92. The third-order valence-corrected chi connectivity index (χ3v) is 4.44. The summed E-state index contributed by atoms with van der Waals surface area (Å²) in [4.78, 5) is 9.27. The fourth-order valence-electron chi connectivity index (χ4n) is 2.97. The third-order valence-electron chi connectivity index (χ3n) is 4.20. The van der Waals surface area contributed by atoms with Crippen molar-refractivity contribution in [2.45, 2.75) is 12.5 Å². The van der Waals surface area contributed by atoms with Crippen molar-refractivity contribution in [3.05, 3.63) is 47.5 Å². The molecule has 1 unspecified atom stereocenters. The van der Waals surface area contributed by atoms with Crippen LogP contribution in [0.3, 0.4) is 0 Å². The van der Waals surface area contributed by atoms with Gasteiger partial charge in [-0.1, -0.05) is 23.7 Å². The van der Waals surface area contributed by atoms with Gasteiger partial charge in [0.25, 0.3) is 0 Å². The molecule has 0 radical (unpaired) electrons. The number of anilines is 1. The number of halogens is 1. The summed E-state index contributed by atoms with van der Waals surface area (Å²) < 4.78 is 0. The highest BCUT2D eigenvalue weighted by Gasteiger charge is 2.18. The van der Waals surface area contributed by atoms with Crippen LogP contribution in [0, 0.1) is 0 Å². The van der Waals surface area contributed by atoms with Crippen molar-refractivity contribution in [2.24, 2.45) is 0 Å². The minimum absolute atomic E-state index is 0.114. The number of phenols is 1. The van der Waals surface area contributed by atoms with Crippen molar-refractivity contribution in [1.29, 1.82) is 0 Å². The van der Waals surface area contributed by atoms with Crippen molar-refractivity contribution in [1.82, 2.24) is 15.3 Å². The number of aromatic nitrogens is 2. The molecule has 0 amide bonds. The van der Waals surface area contributed by atoms with Crippen molar-refractivity contribution in [2.75, 3.05) is 18.4 Å². The standard InChI is InChI=1S/C18H17ClN4O/c19-11-5-6-16(24)14(9-11)18-22-15-4-2-1-3-13(15)17(23-18)21-12-7-8-20-10-12/h1-6,9,12,20,24H,7-8,10H2,(H,21,22,23). The van der Waals surface area contributed by atoms with E-state index >= 15 is 0 Å². The average molecular weight is 341 g/mol. The van der Waals surface area contributed by atoms with Crippen molar-refractivity contribution in [3.63, 3.8) is 0 Å². The van der Waals surface area contributed by atoms with Gasteiger partial charge in [-0.25, -0.2) is 9.97 Å². The van der Waals surface area contributed by atoms with E-state index in [1.165, 1.54) is 0 Å². The Morgan fingerprint density at radius 2 is 2.04 bits per heavy atom. The Morgan fingerprint density at radius 1 is 1.17 bits per heavy atom. The first-order valence-electron chi connectivity index (χ1n) is 7.93. The number of phenolic OH excluding ortho intramolecular Hbond substituents is 1. The lowest BCUT2D eigenvalue weighted by Gasteiger charge is -2.15. The van der Waals surface area contributed by atoms with Crippen LogP contribution in [0.2, 0.25) is 5.02 Å². The molecule has 1 fully saturated rings. The molecule has 1 aliphatic rings. The highest BCUT2D eigenvalue weighted by atomic mass is 35.5. The second-order valence-corrected chi connectivity index (χ2v) is 6.34. The van der Waals surface area contributed by atoms with Crippen LogP contribution in [0.5, 0.6) is 5.75 Å². The topological polar surface area (TPSA) is 70.1 Å². The van der Waals surface area contributed by atoms with E-state index in [1.807, 2.05) is 24.3 Å². The van der Waals surface area contributed by atoms with Gasteiger partial charge in [0.15, 0.2) is 5.82 Å². The number of para-hydroxylation sites is 1. The van der Waals surface area contributed by atoms with Crippen molar-refractivity contribution in [3.8, 4) is 17.1 Å². The molecule has 5 nitrogen and oxygen atoms in total. The monoisotopic (exact) mass is 340 g/mol. The second-order valence-electron chi connectivity index (χ2n) is 5.91. The number of aromatic hydroxyl groups is 1. The SMILES string of the molecule is Oc1ccc(Cl)cc1-c1nc(NC2CCNC2)c2ccccc2n1. The molecule has 1 atom stereocenters. The molecule has 0 bridgehead atoms. The van der Waals surface area contributed by atoms with Crippen LogP contribution in [-0.2, 0) is 0 Å². The summed E-state index contributed by atoms with van der Waals surface area (Å²) in [6.07, 6.45) is 1.05. The molecule has 24 heavy (non-hydrogen) atoms. The predicted octanol–water partition coefficient (Wildman–Crippen LogP) is 3.43. The molecule has 0 aliphatic carbocycles. The quantitative estimate of drug-likeness (QED) is 0.681. The molecule has 1 aromatic heterocycles. The first kappa shape index (κ1) is 15.2. The Morgan fingerprint density at radius 3 is 2.88 bits per heavy atom. The molecular formula is C18H17ClN4O. The zero-order chi connectivity index (χ0) is 16.5. The van der Waals surface area contributed by atoms with E-state index in [0.717, 1.165) is 36.2 Å². The number of rotatable bonds is 3. The maximum Gasteiger partial charge on any atom is 0.165 e. The Hall–Kier alpha value is -2.37. The Balaban J connectivity index is 1.85. The normalized spacial score (nSPS) is 17.3. The summed E-state index contributed by atoms with van der Waals surface area (Å²) in [5, 5.41) is 18.5. The average Bonchev–Trinajstić information content (AvgIpc) is 3.10. The summed E-state index contributed by atoms with van der Waals surface area (Å²) in [5.41, 5.74) is 1.36. The van der Waals surface area contributed by atoms with Crippen LogP contribution in [-0.4, -0.2) is 34.2 Å². The lowest BCUT2D eigenvalue weighted by Crippen LogP contribution is -2.23. The van der Waals surface area contributed by atoms with Gasteiger partial charge < -0.3 is 15.7 Å². The summed E-state index contributed by atoms with van der Waals surface area (Å²) in [5.74, 6) is 1.36. The summed E-state index contributed by atoms with van der Waals surface area (Å²) in [6, 6.07) is 13.1. The molecule has 4 rings (SSSR count). The Kier molecular flexibility index (Phi) is 3.96. The molecule has 3 N–H and O–H groups in total. The number of nitrogens with one attached hydrogen (secondary N) is 2. The van der Waals surface area contributed by atoms with Crippen molar-refractivity contribution >= 4 is 28.3 Å². The molecule has 3 aromatic rings. The van der Waals surface area contributed by atoms with Crippen LogP contribution in [0.25, 0.3) is 22.3 Å². The zero-order valence-corrected chi connectivity index (χ0v) is 13.7. The van der Waals surface area contributed by atoms with E-state index in [-0.39, 0.29) is 5.75 Å². The minimum Gasteiger partial charge on any atom is -0.507 e. The van der Waals surface area contributed by atoms with Crippen LogP contribution in [0.1, 0.15) is 6.42 Å². The molecule has 122 valence electrons. The molecule has 6 heteroatoms. The van der Waals surface area contributed by atoms with E-state index < -0.39 is 0 Å². The molecule has 1 aliphatic heterocycles. The minimum atomic E-state index is 0.114. The van der Waals surface area contributed by atoms with Gasteiger partial charge in [0.2, 0.25) is 0 Å². The summed E-state index contributed by atoms with van der Waals surface area (Å²) >= 11 is 6.07. The zero-order valence-electron chi connectivity index (χ0n) is 13.0. The number of hydrogen-bond acceptors (Lipinski definition) is 5. The van der Waals surface area contributed by atoms with Gasteiger partial charge >= 0.3 is 0 Å². The van der Waals surface area contributed by atoms with E-state index in [9.17, 15) is 5.11 Å². The number of hydrogen-bond donors (Lipinski definition) is 3. The third kappa shape index (κ3) is 2.88. The van der Waals surface area contributed by atoms with Crippen LogP contribution >= 0.6 is 11.6 Å². The maximum absolute atomic E-state index is 10.2. The molecular weight excluding hydrogens is 324 g/mol. The maximum atomic E-state index is 10.2. The predicted molar refractivity (Wildman–Crippen MR) is 96.5 cm³/mol. The Bertz CT molecular complexity index is 893. The van der Waals surface area contributed by atoms with Gasteiger partial charge in [-0.05, 0) is 43.3 Å². The van der Waals surface area contributed by atoms with E-state index in [2.05, 4.69) is 20.6 Å². The highest BCUT2D eigenvalue weighted by Crippen LogP contribution is 2.32. The lowest BCUT2D eigenvalue weighted by atomic mass is 10.1. The van der Waals surface area contributed by atoms with Crippen LogP contribution in [0.15, 0.2) is 42.5 Å². The van der Waals surface area contributed by atoms with Gasteiger partial charge in [-0.15, -0.1) is 0 Å². The fourth-order valence-corrected chi connectivity index (χ4v) is 3.14. The van der Waals surface area contributed by atoms with Crippen LogP contribution < -0.4 is 10.6 Å². The number of nitrogens with zero attached hydrogens (tertiary/aromatic N) is 2. The first-order valence-corrected chi connectivity index (χ1v) is 8.31. The molecule has 0 spiro atoms. The first-order chi connectivity index (χ1) is 11.7. The smallest absolute Gasteiger partial charge is 0.165 e.